The van der Waals surface area contributed by atoms with E-state index in [1.54, 1.807) is 18.2 Å². The molecule has 0 aromatic heterocycles. The largest absolute Gasteiger partial charge is 0.398 e. The Balaban J connectivity index is 2.46. The second kappa shape index (κ2) is 6.04. The fourth-order valence-electron chi connectivity index (χ4n) is 1.73. The van der Waals surface area contributed by atoms with Crippen LogP contribution in [0.15, 0.2) is 39.7 Å². The Kier molecular flexibility index (Phi) is 4.72. The normalized spacial score (nSPS) is 11.4. The minimum absolute atomic E-state index is 0.00817. The highest BCUT2D eigenvalue weighted by atomic mass is 79.9. The van der Waals surface area contributed by atoms with Gasteiger partial charge in [-0.15, -0.1) is 0 Å². The molecule has 0 radical (unpaired) electrons. The van der Waals surface area contributed by atoms with Crippen LogP contribution in [0.25, 0.3) is 0 Å². The van der Waals surface area contributed by atoms with Crippen LogP contribution in [0.5, 0.6) is 0 Å². The number of nitrogens with two attached hydrogens (primary N) is 1. The Morgan fingerprint density at radius 3 is 2.43 bits per heavy atom. The van der Waals surface area contributed by atoms with Crippen LogP contribution in [0.3, 0.4) is 0 Å². The second-order valence-electron chi connectivity index (χ2n) is 4.38. The maximum Gasteiger partial charge on any atom is 0.265 e. The maximum atomic E-state index is 12.4. The van der Waals surface area contributed by atoms with Gasteiger partial charge in [-0.1, -0.05) is 45.2 Å². The predicted octanol–water partition coefficient (Wildman–Crippen LogP) is 4.45. The molecule has 0 bridgehead atoms. The summed E-state index contributed by atoms with van der Waals surface area (Å²) in [6, 6.07) is 7.77. The molecule has 0 amide bonds. The molecule has 112 valence electrons. The van der Waals surface area contributed by atoms with Crippen LogP contribution in [-0.4, -0.2) is 8.42 Å². The third-order valence-corrected chi connectivity index (χ3v) is 5.71. The summed E-state index contributed by atoms with van der Waals surface area (Å²) in [6.45, 7) is 1.90. The van der Waals surface area contributed by atoms with Gasteiger partial charge in [0, 0.05) is 15.2 Å². The van der Waals surface area contributed by atoms with Crippen LogP contribution < -0.4 is 10.5 Å². The quantitative estimate of drug-likeness (QED) is 0.735. The Morgan fingerprint density at radius 2 is 1.86 bits per heavy atom. The number of nitrogen functional groups attached to an aromatic ring is 1. The van der Waals surface area contributed by atoms with E-state index in [1.165, 1.54) is 12.1 Å². The standard InChI is InChI=1S/C13H11BrCl2N2O2S/c1-7-2-3-9(6-10(7)14)18-21(19,20)13-11(16)4-8(15)5-12(13)17/h2-6,18H,17H2,1H3. The van der Waals surface area contributed by atoms with Gasteiger partial charge in [0.1, 0.15) is 4.90 Å². The molecule has 8 heteroatoms. The highest BCUT2D eigenvalue weighted by Gasteiger charge is 2.22. The van der Waals surface area contributed by atoms with Crippen molar-refractivity contribution in [2.75, 3.05) is 10.5 Å². The summed E-state index contributed by atoms with van der Waals surface area (Å²) in [5, 5.41) is 0.244. The van der Waals surface area contributed by atoms with Crippen LogP contribution in [0.1, 0.15) is 5.56 Å². The molecule has 0 saturated heterocycles. The fourth-order valence-corrected chi connectivity index (χ4v) is 4.14. The molecule has 3 N–H and O–H groups in total. The zero-order valence-corrected chi connectivity index (χ0v) is 14.7. The molecule has 2 aromatic rings. The summed E-state index contributed by atoms with van der Waals surface area (Å²) in [5.41, 5.74) is 7.10. The van der Waals surface area contributed by atoms with Crippen molar-refractivity contribution in [3.8, 4) is 0 Å². The minimum Gasteiger partial charge on any atom is -0.398 e. The number of hydrogen-bond acceptors (Lipinski definition) is 3. The van der Waals surface area contributed by atoms with E-state index >= 15 is 0 Å². The van der Waals surface area contributed by atoms with Gasteiger partial charge >= 0.3 is 0 Å². The summed E-state index contributed by atoms with van der Waals surface area (Å²) in [5.74, 6) is 0. The molecule has 2 aromatic carbocycles. The fraction of sp³-hybridized carbons (Fsp3) is 0.0769. The number of nitrogens with one attached hydrogen (secondary N) is 1. The molecule has 4 nitrogen and oxygen atoms in total. The molecule has 0 atom stereocenters. The summed E-state index contributed by atoms with van der Waals surface area (Å²) in [6.07, 6.45) is 0. The third kappa shape index (κ3) is 3.63. The summed E-state index contributed by atoms with van der Waals surface area (Å²) >= 11 is 15.1. The molecule has 0 spiro atoms. The molecule has 0 aliphatic rings. The van der Waals surface area contributed by atoms with Gasteiger partial charge in [0.2, 0.25) is 0 Å². The number of sulfonamides is 1. The number of anilines is 2. The van der Waals surface area contributed by atoms with E-state index in [4.69, 9.17) is 28.9 Å². The van der Waals surface area contributed by atoms with Gasteiger partial charge in [-0.05, 0) is 36.8 Å². The highest BCUT2D eigenvalue weighted by Crippen LogP contribution is 2.32. The zero-order chi connectivity index (χ0) is 15.8. The molecule has 0 unspecified atom stereocenters. The van der Waals surface area contributed by atoms with E-state index in [-0.39, 0.29) is 20.6 Å². The average Bonchev–Trinajstić information content (AvgIpc) is 2.31. The van der Waals surface area contributed by atoms with Gasteiger partial charge in [0.05, 0.1) is 10.7 Å². The Morgan fingerprint density at radius 1 is 1.19 bits per heavy atom. The van der Waals surface area contributed by atoms with Crippen molar-refractivity contribution in [3.63, 3.8) is 0 Å². The van der Waals surface area contributed by atoms with Crippen molar-refractivity contribution in [1.29, 1.82) is 0 Å². The first-order valence-corrected chi connectivity index (χ1v) is 8.77. The maximum absolute atomic E-state index is 12.4. The number of halogens is 3. The van der Waals surface area contributed by atoms with Crippen LogP contribution in [-0.2, 0) is 10.0 Å². The zero-order valence-electron chi connectivity index (χ0n) is 10.8. The number of hydrogen-bond donors (Lipinski definition) is 2. The average molecular weight is 410 g/mol. The van der Waals surface area contributed by atoms with Crippen molar-refractivity contribution in [2.24, 2.45) is 0 Å². The molecule has 21 heavy (non-hydrogen) atoms. The van der Waals surface area contributed by atoms with Gasteiger partial charge in [-0.25, -0.2) is 8.42 Å². The second-order valence-corrected chi connectivity index (χ2v) is 7.69. The van der Waals surface area contributed by atoms with Crippen LogP contribution in [0, 0.1) is 6.92 Å². The van der Waals surface area contributed by atoms with E-state index < -0.39 is 10.0 Å². The lowest BCUT2D eigenvalue weighted by Crippen LogP contribution is -2.15. The monoisotopic (exact) mass is 408 g/mol. The van der Waals surface area contributed by atoms with Gasteiger partial charge < -0.3 is 5.73 Å². The van der Waals surface area contributed by atoms with Crippen LogP contribution in [0.2, 0.25) is 10.0 Å². The number of benzene rings is 2. The van der Waals surface area contributed by atoms with Gasteiger partial charge in [0.25, 0.3) is 10.0 Å². The summed E-state index contributed by atoms with van der Waals surface area (Å²) in [4.78, 5) is -0.190. The molecule has 0 aliphatic heterocycles. The first-order valence-electron chi connectivity index (χ1n) is 5.74. The smallest absolute Gasteiger partial charge is 0.265 e. The van der Waals surface area contributed by atoms with Gasteiger partial charge in [-0.2, -0.15) is 0 Å². The van der Waals surface area contributed by atoms with Gasteiger partial charge in [0.15, 0.2) is 0 Å². The molecule has 0 saturated carbocycles. The highest BCUT2D eigenvalue weighted by molar-refractivity contribution is 9.10. The van der Waals surface area contributed by atoms with E-state index in [9.17, 15) is 8.42 Å². The lowest BCUT2D eigenvalue weighted by molar-refractivity contribution is 0.601. The Labute approximate surface area is 141 Å². The Bertz CT molecular complexity index is 787. The minimum atomic E-state index is -3.91. The van der Waals surface area contributed by atoms with E-state index in [0.717, 1.165) is 10.0 Å². The van der Waals surface area contributed by atoms with Crippen molar-refractivity contribution in [2.45, 2.75) is 11.8 Å². The first kappa shape index (κ1) is 16.4. The molecule has 0 heterocycles. The molecular weight excluding hydrogens is 399 g/mol. The molecule has 0 aliphatic carbocycles. The summed E-state index contributed by atoms with van der Waals surface area (Å²) in [7, 11) is -3.91. The van der Waals surface area contributed by atoms with E-state index in [2.05, 4.69) is 20.7 Å². The SMILES string of the molecule is Cc1ccc(NS(=O)(=O)c2c(N)cc(Cl)cc2Cl)cc1Br. The van der Waals surface area contributed by atoms with E-state index in [1.807, 2.05) is 6.92 Å². The van der Waals surface area contributed by atoms with Crippen molar-refractivity contribution in [3.05, 3.63) is 50.4 Å². The molecule has 2 rings (SSSR count). The number of rotatable bonds is 3. The topological polar surface area (TPSA) is 72.2 Å². The molecular formula is C13H11BrCl2N2O2S. The lowest BCUT2D eigenvalue weighted by Gasteiger charge is -2.13. The third-order valence-electron chi connectivity index (χ3n) is 2.73. The lowest BCUT2D eigenvalue weighted by atomic mass is 10.2. The van der Waals surface area contributed by atoms with Crippen LogP contribution in [0.4, 0.5) is 11.4 Å². The van der Waals surface area contributed by atoms with Crippen LogP contribution >= 0.6 is 39.1 Å². The van der Waals surface area contributed by atoms with Gasteiger partial charge in [-0.3, -0.25) is 4.72 Å². The van der Waals surface area contributed by atoms with E-state index in [0.29, 0.717) is 5.69 Å². The first-order chi connectivity index (χ1) is 9.70. The molecule has 0 fully saturated rings. The van der Waals surface area contributed by atoms with Crippen molar-refractivity contribution in [1.82, 2.24) is 0 Å². The van der Waals surface area contributed by atoms with Crippen molar-refractivity contribution >= 4 is 60.5 Å². The Hall–Kier alpha value is -0.950. The van der Waals surface area contributed by atoms with Crippen molar-refractivity contribution < 1.29 is 8.42 Å². The summed E-state index contributed by atoms with van der Waals surface area (Å²) < 4.78 is 28.1. The predicted molar refractivity (Wildman–Crippen MR) is 90.6 cm³/mol. The number of aryl methyl sites for hydroxylation is 1.